The molecule has 0 saturated carbocycles. The highest BCUT2D eigenvalue weighted by Gasteiger charge is 2.17. The number of hydrogen-bond acceptors (Lipinski definition) is 3. The van der Waals surface area contributed by atoms with Gasteiger partial charge in [0.05, 0.1) is 11.6 Å². The lowest BCUT2D eigenvalue weighted by Crippen LogP contribution is -2.41. The van der Waals surface area contributed by atoms with Crippen LogP contribution in [0.4, 0.5) is 4.79 Å². The molecule has 1 aromatic carbocycles. The van der Waals surface area contributed by atoms with Gasteiger partial charge in [0.2, 0.25) is 0 Å². The van der Waals surface area contributed by atoms with E-state index in [4.69, 9.17) is 10.00 Å². The first-order chi connectivity index (χ1) is 8.31. The van der Waals surface area contributed by atoms with Crippen molar-refractivity contribution < 1.29 is 9.53 Å². The van der Waals surface area contributed by atoms with Gasteiger partial charge in [-0.2, -0.15) is 5.26 Å². The van der Waals surface area contributed by atoms with Crippen LogP contribution in [0.5, 0.6) is 0 Å². The number of amides is 1. The Balaban J connectivity index is 2.62. The molecular formula is C14H18N2O2. The molecule has 0 aliphatic rings. The van der Waals surface area contributed by atoms with Crippen LogP contribution in [0.2, 0.25) is 0 Å². The highest BCUT2D eigenvalue weighted by molar-refractivity contribution is 5.68. The number of rotatable bonds is 2. The number of nitrogens with one attached hydrogen (secondary N) is 1. The van der Waals surface area contributed by atoms with Crippen molar-refractivity contribution in [2.45, 2.75) is 39.3 Å². The first-order valence-corrected chi connectivity index (χ1v) is 5.80. The number of benzene rings is 1. The second kappa shape index (κ2) is 5.54. The van der Waals surface area contributed by atoms with Crippen LogP contribution in [-0.2, 0) is 4.74 Å². The largest absolute Gasteiger partial charge is 0.442 e. The molecule has 96 valence electrons. The van der Waals surface area contributed by atoms with E-state index in [1.54, 1.807) is 31.2 Å². The maximum absolute atomic E-state index is 11.6. The van der Waals surface area contributed by atoms with Gasteiger partial charge >= 0.3 is 6.09 Å². The first kappa shape index (κ1) is 14.0. The molecule has 0 spiro atoms. The number of carbonyl (C=O) groups is 1. The average molecular weight is 246 g/mol. The smallest absolute Gasteiger partial charge is 0.408 e. The highest BCUT2D eigenvalue weighted by atomic mass is 16.6. The normalized spacial score (nSPS) is 12.4. The molecule has 0 fully saturated rings. The zero-order valence-electron chi connectivity index (χ0n) is 11.2. The Labute approximate surface area is 108 Å². The summed E-state index contributed by atoms with van der Waals surface area (Å²) in [5, 5.41) is 11.4. The number of hydrogen-bond donors (Lipinski definition) is 1. The molecule has 0 aromatic heterocycles. The minimum absolute atomic E-state index is 0.318. The standard InChI is InChI=1S/C14H18N2O2/c1-10(18-13(17)16-14(2,3)4)12-7-5-11(9-15)6-8-12/h5-8,10H,1-4H3,(H,16,17). The van der Waals surface area contributed by atoms with Crippen molar-refractivity contribution in [3.05, 3.63) is 35.4 Å². The van der Waals surface area contributed by atoms with Crippen LogP contribution in [0.1, 0.15) is 44.9 Å². The van der Waals surface area contributed by atoms with E-state index < -0.39 is 6.09 Å². The van der Waals surface area contributed by atoms with Crippen molar-refractivity contribution in [2.24, 2.45) is 0 Å². The van der Waals surface area contributed by atoms with E-state index in [0.29, 0.717) is 5.56 Å². The summed E-state index contributed by atoms with van der Waals surface area (Å²) in [5.74, 6) is 0. The second-order valence-corrected chi connectivity index (χ2v) is 5.16. The Morgan fingerprint density at radius 3 is 2.33 bits per heavy atom. The van der Waals surface area contributed by atoms with Crippen LogP contribution in [-0.4, -0.2) is 11.6 Å². The van der Waals surface area contributed by atoms with Gasteiger partial charge in [0.15, 0.2) is 0 Å². The third-order valence-corrected chi connectivity index (χ3v) is 2.27. The highest BCUT2D eigenvalue weighted by Crippen LogP contribution is 2.17. The fourth-order valence-electron chi connectivity index (χ4n) is 1.39. The molecule has 0 aliphatic carbocycles. The number of nitriles is 1. The summed E-state index contributed by atoms with van der Waals surface area (Å²) < 4.78 is 5.25. The van der Waals surface area contributed by atoms with E-state index in [1.165, 1.54) is 0 Å². The molecule has 1 amide bonds. The average Bonchev–Trinajstić information content (AvgIpc) is 2.26. The number of nitrogens with zero attached hydrogens (tertiary/aromatic N) is 1. The summed E-state index contributed by atoms with van der Waals surface area (Å²) in [7, 11) is 0. The van der Waals surface area contributed by atoms with E-state index in [2.05, 4.69) is 5.32 Å². The molecule has 1 unspecified atom stereocenters. The molecule has 0 heterocycles. The molecule has 0 radical (unpaired) electrons. The summed E-state index contributed by atoms with van der Waals surface area (Å²) >= 11 is 0. The molecule has 1 atom stereocenters. The zero-order valence-corrected chi connectivity index (χ0v) is 11.2. The maximum atomic E-state index is 11.6. The van der Waals surface area contributed by atoms with Crippen LogP contribution in [0.15, 0.2) is 24.3 Å². The second-order valence-electron chi connectivity index (χ2n) is 5.16. The predicted octanol–water partition coefficient (Wildman–Crippen LogP) is 3.14. The Kier molecular flexibility index (Phi) is 4.33. The lowest BCUT2D eigenvalue weighted by molar-refractivity contribution is 0.100. The molecule has 4 nitrogen and oxygen atoms in total. The summed E-state index contributed by atoms with van der Waals surface area (Å²) in [6.45, 7) is 7.46. The third-order valence-electron chi connectivity index (χ3n) is 2.27. The molecule has 1 rings (SSSR count). The summed E-state index contributed by atoms with van der Waals surface area (Å²) in [4.78, 5) is 11.6. The molecule has 0 aliphatic heterocycles. The van der Waals surface area contributed by atoms with Crippen LogP contribution < -0.4 is 5.32 Å². The molecule has 18 heavy (non-hydrogen) atoms. The lowest BCUT2D eigenvalue weighted by Gasteiger charge is -2.22. The molecule has 0 bridgehead atoms. The monoisotopic (exact) mass is 246 g/mol. The van der Waals surface area contributed by atoms with Gasteiger partial charge < -0.3 is 10.1 Å². The van der Waals surface area contributed by atoms with Gasteiger partial charge in [-0.15, -0.1) is 0 Å². The summed E-state index contributed by atoms with van der Waals surface area (Å²) in [6, 6.07) is 9.03. The van der Waals surface area contributed by atoms with Gasteiger partial charge in [0, 0.05) is 5.54 Å². The number of carbonyl (C=O) groups excluding carboxylic acids is 1. The lowest BCUT2D eigenvalue weighted by atomic mass is 10.1. The number of alkyl carbamates (subject to hydrolysis) is 1. The Hall–Kier alpha value is -2.02. The Morgan fingerprint density at radius 1 is 1.33 bits per heavy atom. The van der Waals surface area contributed by atoms with E-state index in [-0.39, 0.29) is 11.6 Å². The van der Waals surface area contributed by atoms with Gasteiger partial charge in [0.25, 0.3) is 0 Å². The quantitative estimate of drug-likeness (QED) is 0.871. The minimum Gasteiger partial charge on any atom is -0.442 e. The van der Waals surface area contributed by atoms with Crippen molar-refractivity contribution in [1.82, 2.24) is 5.32 Å². The van der Waals surface area contributed by atoms with Crippen LogP contribution in [0.25, 0.3) is 0 Å². The van der Waals surface area contributed by atoms with E-state index >= 15 is 0 Å². The van der Waals surface area contributed by atoms with E-state index in [0.717, 1.165) is 5.56 Å². The molecule has 1 aromatic rings. The fraction of sp³-hybridized carbons (Fsp3) is 0.429. The molecule has 1 N–H and O–H groups in total. The van der Waals surface area contributed by atoms with Crippen molar-refractivity contribution in [3.63, 3.8) is 0 Å². The van der Waals surface area contributed by atoms with E-state index in [1.807, 2.05) is 26.8 Å². The van der Waals surface area contributed by atoms with Crippen molar-refractivity contribution in [2.75, 3.05) is 0 Å². The van der Waals surface area contributed by atoms with Crippen molar-refractivity contribution in [1.29, 1.82) is 5.26 Å². The summed E-state index contributed by atoms with van der Waals surface area (Å²) in [6.07, 6.45) is -0.792. The van der Waals surface area contributed by atoms with Crippen molar-refractivity contribution >= 4 is 6.09 Å². The van der Waals surface area contributed by atoms with Gasteiger partial charge in [-0.05, 0) is 45.4 Å². The fourth-order valence-corrected chi connectivity index (χ4v) is 1.39. The summed E-state index contributed by atoms with van der Waals surface area (Å²) in [5.41, 5.74) is 1.13. The maximum Gasteiger partial charge on any atom is 0.408 e. The van der Waals surface area contributed by atoms with Gasteiger partial charge in [-0.1, -0.05) is 12.1 Å². The SMILES string of the molecule is CC(OC(=O)NC(C)(C)C)c1ccc(C#N)cc1. The molecule has 4 heteroatoms. The van der Waals surface area contributed by atoms with Crippen LogP contribution >= 0.6 is 0 Å². The van der Waals surface area contributed by atoms with Crippen LogP contribution in [0, 0.1) is 11.3 Å². The topological polar surface area (TPSA) is 62.1 Å². The molecular weight excluding hydrogens is 228 g/mol. The van der Waals surface area contributed by atoms with Crippen molar-refractivity contribution in [3.8, 4) is 6.07 Å². The van der Waals surface area contributed by atoms with Gasteiger partial charge in [0.1, 0.15) is 6.10 Å². The first-order valence-electron chi connectivity index (χ1n) is 5.80. The van der Waals surface area contributed by atoms with Gasteiger partial charge in [-0.25, -0.2) is 4.79 Å². The van der Waals surface area contributed by atoms with Crippen LogP contribution in [0.3, 0.4) is 0 Å². The molecule has 0 saturated heterocycles. The zero-order chi connectivity index (χ0) is 13.8. The van der Waals surface area contributed by atoms with E-state index in [9.17, 15) is 4.79 Å². The Bertz CT molecular complexity index is 452. The predicted molar refractivity (Wildman–Crippen MR) is 68.9 cm³/mol. The number of ether oxygens (including phenoxy) is 1. The third kappa shape index (κ3) is 4.46. The Morgan fingerprint density at radius 2 is 1.89 bits per heavy atom. The minimum atomic E-state index is -0.445. The van der Waals surface area contributed by atoms with Gasteiger partial charge in [-0.3, -0.25) is 0 Å².